The first kappa shape index (κ1) is 34.6. The summed E-state index contributed by atoms with van der Waals surface area (Å²) in [6, 6.07) is 73.8. The zero-order valence-electron chi connectivity index (χ0n) is 32.8. The Morgan fingerprint density at radius 1 is 0.311 bits per heavy atom. The highest BCUT2D eigenvalue weighted by molar-refractivity contribution is 6.10. The van der Waals surface area contributed by atoms with Gasteiger partial charge in [-0.3, -0.25) is 13.5 Å². The average Bonchev–Trinajstić information content (AvgIpc) is 3.98. The fourth-order valence-electron chi connectivity index (χ4n) is 8.66. The second kappa shape index (κ2) is 14.1. The molecule has 4 aromatic heterocycles. The van der Waals surface area contributed by atoms with Gasteiger partial charge in [-0.1, -0.05) is 158 Å². The summed E-state index contributed by atoms with van der Waals surface area (Å²) in [6.45, 7) is 0. The molecular weight excluding hydrogens is 747 g/mol. The molecule has 12 aromatic rings. The number of benzene rings is 8. The smallest absolute Gasteiger partial charge is 0.221 e. The molecule has 0 bridgehead atoms. The van der Waals surface area contributed by atoms with E-state index in [4.69, 9.17) is 19.9 Å². The predicted molar refractivity (Wildman–Crippen MR) is 247 cm³/mol. The molecule has 0 saturated heterocycles. The van der Waals surface area contributed by atoms with E-state index in [-0.39, 0.29) is 0 Å². The standard InChI is InChI=1S/C54H35N7/c1-5-17-36(18-6-1)50-56-51(37-19-7-2-8-20-37)58-52(57-50)42-24-16-23-40(34-42)38-21-15-22-39(33-38)41-31-32-48-46(35-41)55-54-60(44-27-11-4-12-28-44)49-45-29-13-14-30-47(45)59(53(49)61(48)54)43-25-9-3-10-26-43/h1-35H. The van der Waals surface area contributed by atoms with Gasteiger partial charge in [0.2, 0.25) is 5.78 Å². The lowest BCUT2D eigenvalue weighted by molar-refractivity contribution is 1.07. The molecule has 8 aromatic carbocycles. The van der Waals surface area contributed by atoms with Crippen LogP contribution in [0.25, 0.3) is 107 Å². The van der Waals surface area contributed by atoms with Crippen molar-refractivity contribution in [1.29, 1.82) is 0 Å². The number of nitrogens with zero attached hydrogens (tertiary/aromatic N) is 7. The summed E-state index contributed by atoms with van der Waals surface area (Å²) < 4.78 is 7.00. The highest BCUT2D eigenvalue weighted by Crippen LogP contribution is 2.39. The fourth-order valence-corrected chi connectivity index (χ4v) is 8.66. The SMILES string of the molecule is c1ccc(-c2nc(-c3ccccc3)nc(-c3cccc(-c4cccc(-c5ccc6c(c5)nc5n(-c7ccccc7)c7c8ccccc8n(-c8ccccc8)c7n65)c4)c3)n2)cc1. The van der Waals surface area contributed by atoms with Crippen molar-refractivity contribution in [2.45, 2.75) is 0 Å². The third-order valence-electron chi connectivity index (χ3n) is 11.5. The van der Waals surface area contributed by atoms with Crippen molar-refractivity contribution in [2.75, 3.05) is 0 Å². The largest absolute Gasteiger partial charge is 0.294 e. The van der Waals surface area contributed by atoms with E-state index in [1.54, 1.807) is 0 Å². The number of imidazole rings is 2. The van der Waals surface area contributed by atoms with Crippen molar-refractivity contribution in [3.05, 3.63) is 212 Å². The van der Waals surface area contributed by atoms with E-state index in [1.165, 1.54) is 5.39 Å². The van der Waals surface area contributed by atoms with E-state index in [1.807, 2.05) is 60.7 Å². The molecule has 61 heavy (non-hydrogen) atoms. The summed E-state index contributed by atoms with van der Waals surface area (Å²) >= 11 is 0. The number of fused-ring (bicyclic) bond motifs is 7. The minimum Gasteiger partial charge on any atom is -0.294 e. The van der Waals surface area contributed by atoms with Gasteiger partial charge in [0, 0.05) is 33.5 Å². The molecule has 0 aliphatic carbocycles. The van der Waals surface area contributed by atoms with Gasteiger partial charge in [-0.05, 0) is 76.9 Å². The van der Waals surface area contributed by atoms with Gasteiger partial charge in [0.15, 0.2) is 23.1 Å². The molecule has 0 N–H and O–H groups in total. The fraction of sp³-hybridized carbons (Fsp3) is 0. The Hall–Kier alpha value is -8.42. The molecule has 0 unspecified atom stereocenters. The summed E-state index contributed by atoms with van der Waals surface area (Å²) in [5, 5.41) is 1.17. The van der Waals surface area contributed by atoms with Gasteiger partial charge in [-0.15, -0.1) is 0 Å². The van der Waals surface area contributed by atoms with Crippen molar-refractivity contribution < 1.29 is 0 Å². The molecule has 12 rings (SSSR count). The molecule has 0 radical (unpaired) electrons. The third-order valence-corrected chi connectivity index (χ3v) is 11.5. The molecule has 4 heterocycles. The molecule has 0 amide bonds. The molecular formula is C54H35N7. The van der Waals surface area contributed by atoms with Gasteiger partial charge in [0.05, 0.1) is 16.6 Å². The van der Waals surface area contributed by atoms with Crippen molar-refractivity contribution >= 4 is 38.9 Å². The second-order valence-corrected chi connectivity index (χ2v) is 15.2. The predicted octanol–water partition coefficient (Wildman–Crippen LogP) is 12.9. The van der Waals surface area contributed by atoms with E-state index >= 15 is 0 Å². The topological polar surface area (TPSA) is 65.8 Å². The summed E-state index contributed by atoms with van der Waals surface area (Å²) in [7, 11) is 0. The Kier molecular flexibility index (Phi) is 8.03. The Balaban J connectivity index is 0.983. The van der Waals surface area contributed by atoms with Gasteiger partial charge >= 0.3 is 0 Å². The lowest BCUT2D eigenvalue weighted by atomic mass is 9.97. The van der Waals surface area contributed by atoms with Crippen LogP contribution in [-0.2, 0) is 0 Å². The Labute approximate surface area is 351 Å². The molecule has 0 saturated carbocycles. The third kappa shape index (κ3) is 5.82. The van der Waals surface area contributed by atoms with Crippen LogP contribution in [0.3, 0.4) is 0 Å². The highest BCUT2D eigenvalue weighted by atomic mass is 15.3. The Bertz CT molecular complexity index is 3510. The number of para-hydroxylation sites is 3. The van der Waals surface area contributed by atoms with Crippen molar-refractivity contribution in [3.63, 3.8) is 0 Å². The maximum atomic E-state index is 5.41. The van der Waals surface area contributed by atoms with Crippen LogP contribution in [0.2, 0.25) is 0 Å². The van der Waals surface area contributed by atoms with E-state index in [0.29, 0.717) is 17.5 Å². The van der Waals surface area contributed by atoms with E-state index in [9.17, 15) is 0 Å². The number of aromatic nitrogens is 7. The van der Waals surface area contributed by atoms with Crippen LogP contribution in [0.4, 0.5) is 0 Å². The van der Waals surface area contributed by atoms with Crippen LogP contribution in [-0.4, -0.2) is 33.5 Å². The first-order valence-corrected chi connectivity index (χ1v) is 20.4. The van der Waals surface area contributed by atoms with Crippen LogP contribution < -0.4 is 0 Å². The van der Waals surface area contributed by atoms with E-state index in [0.717, 1.165) is 83.8 Å². The Morgan fingerprint density at radius 2 is 0.770 bits per heavy atom. The highest BCUT2D eigenvalue weighted by Gasteiger charge is 2.25. The monoisotopic (exact) mass is 781 g/mol. The maximum Gasteiger partial charge on any atom is 0.221 e. The summed E-state index contributed by atoms with van der Waals surface area (Å²) in [5.74, 6) is 2.78. The molecule has 0 fully saturated rings. The van der Waals surface area contributed by atoms with Crippen LogP contribution in [0.1, 0.15) is 0 Å². The normalized spacial score (nSPS) is 11.6. The molecule has 7 nitrogen and oxygen atoms in total. The lowest BCUT2D eigenvalue weighted by Gasteiger charge is -2.10. The maximum absolute atomic E-state index is 5.41. The first-order valence-electron chi connectivity index (χ1n) is 20.4. The zero-order valence-corrected chi connectivity index (χ0v) is 32.8. The summed E-state index contributed by atoms with van der Waals surface area (Å²) in [5.41, 5.74) is 14.7. The van der Waals surface area contributed by atoms with Gasteiger partial charge in [0.25, 0.3) is 0 Å². The van der Waals surface area contributed by atoms with Crippen molar-refractivity contribution in [1.82, 2.24) is 33.5 Å². The number of rotatable bonds is 7. The lowest BCUT2D eigenvalue weighted by Crippen LogP contribution is -2.00. The molecule has 0 aliphatic rings. The van der Waals surface area contributed by atoms with Gasteiger partial charge in [-0.25, -0.2) is 19.9 Å². The summed E-state index contributed by atoms with van der Waals surface area (Å²) in [6.07, 6.45) is 0. The second-order valence-electron chi connectivity index (χ2n) is 15.2. The molecule has 0 spiro atoms. The van der Waals surface area contributed by atoms with Crippen molar-refractivity contribution in [3.8, 4) is 67.8 Å². The van der Waals surface area contributed by atoms with Gasteiger partial charge in [0.1, 0.15) is 5.52 Å². The molecule has 0 atom stereocenters. The molecule has 286 valence electrons. The van der Waals surface area contributed by atoms with Crippen LogP contribution in [0.5, 0.6) is 0 Å². The van der Waals surface area contributed by atoms with Crippen LogP contribution in [0, 0.1) is 0 Å². The first-order chi connectivity index (χ1) is 30.2. The van der Waals surface area contributed by atoms with Crippen molar-refractivity contribution in [2.24, 2.45) is 0 Å². The Morgan fingerprint density at radius 3 is 1.38 bits per heavy atom. The van der Waals surface area contributed by atoms with Gasteiger partial charge in [-0.2, -0.15) is 0 Å². The quantitative estimate of drug-likeness (QED) is 0.161. The average molecular weight is 782 g/mol. The summed E-state index contributed by atoms with van der Waals surface area (Å²) in [4.78, 5) is 20.3. The van der Waals surface area contributed by atoms with E-state index < -0.39 is 0 Å². The number of hydrogen-bond acceptors (Lipinski definition) is 4. The van der Waals surface area contributed by atoms with Crippen LogP contribution in [0.15, 0.2) is 212 Å². The molecule has 0 aliphatic heterocycles. The zero-order chi connectivity index (χ0) is 40.3. The number of hydrogen-bond donors (Lipinski definition) is 0. The minimum absolute atomic E-state index is 0.628. The van der Waals surface area contributed by atoms with E-state index in [2.05, 4.69) is 165 Å². The minimum atomic E-state index is 0.628. The van der Waals surface area contributed by atoms with Crippen LogP contribution >= 0.6 is 0 Å². The molecule has 7 heteroatoms. The van der Waals surface area contributed by atoms with Gasteiger partial charge < -0.3 is 0 Å².